The molecule has 1 saturated carbocycles. The van der Waals surface area contributed by atoms with Crippen LogP contribution in [0.2, 0.25) is 16.6 Å². The van der Waals surface area contributed by atoms with Gasteiger partial charge in [-0.25, -0.2) is 22.5 Å². The molecule has 0 spiro atoms. The van der Waals surface area contributed by atoms with Crippen LogP contribution in [0, 0.1) is 34.9 Å². The Labute approximate surface area is 328 Å². The molecule has 6 atom stereocenters. The Morgan fingerprint density at radius 3 is 2.48 bits per heavy atom. The van der Waals surface area contributed by atoms with E-state index in [1.807, 2.05) is 6.07 Å². The van der Waals surface area contributed by atoms with Crippen molar-refractivity contribution in [2.45, 2.75) is 127 Å². The van der Waals surface area contributed by atoms with Crippen molar-refractivity contribution in [2.24, 2.45) is 11.8 Å². The van der Waals surface area contributed by atoms with Gasteiger partial charge in [-0.2, -0.15) is 9.97 Å². The van der Waals surface area contributed by atoms with Crippen LogP contribution in [0.5, 0.6) is 6.01 Å². The number of benzene rings is 2. The molecule has 1 aliphatic carbocycles. The number of hydrogen-bond donors (Lipinski definition) is 0. The van der Waals surface area contributed by atoms with Gasteiger partial charge >= 0.3 is 6.01 Å². The summed E-state index contributed by atoms with van der Waals surface area (Å²) in [5, 5.41) is 1.41. The van der Waals surface area contributed by atoms with Crippen molar-refractivity contribution in [1.29, 1.82) is 0 Å². The van der Waals surface area contributed by atoms with Gasteiger partial charge < -0.3 is 9.64 Å². The summed E-state index contributed by atoms with van der Waals surface area (Å²) in [4.78, 5) is 18.9. The fraction of sp³-hybridized carbons (Fsp3) is 0.578. The van der Waals surface area contributed by atoms with E-state index in [2.05, 4.69) is 62.8 Å². The maximum atomic E-state index is 17.6. The normalized spacial score (nSPS) is 27.3. The van der Waals surface area contributed by atoms with Gasteiger partial charge in [0.25, 0.3) is 0 Å². The van der Waals surface area contributed by atoms with Crippen LogP contribution in [0.3, 0.4) is 0 Å². The maximum Gasteiger partial charge on any atom is 0.319 e. The molecule has 4 aromatic rings. The summed E-state index contributed by atoms with van der Waals surface area (Å²) in [5.74, 6) is 3.30. The topological polar surface area (TPSA) is 54.4 Å². The second kappa shape index (κ2) is 14.0. The minimum absolute atomic E-state index is 0.000105. The average Bonchev–Trinajstić information content (AvgIpc) is 3.81. The Morgan fingerprint density at radius 2 is 1.71 bits per heavy atom. The molecule has 2 bridgehead atoms. The molecule has 0 unspecified atom stereocenters. The van der Waals surface area contributed by atoms with Crippen molar-refractivity contribution in [2.75, 3.05) is 31.1 Å². The molecule has 2 aromatic heterocycles. The molecule has 4 aliphatic heterocycles. The predicted octanol–water partition coefficient (Wildman–Crippen LogP) is 10.7. The summed E-state index contributed by atoms with van der Waals surface area (Å²) < 4.78 is 71.9. The average molecular weight is 784 g/mol. The zero-order valence-corrected chi connectivity index (χ0v) is 34.4. The van der Waals surface area contributed by atoms with Gasteiger partial charge in [-0.05, 0) is 78.6 Å². The second-order valence-corrected chi connectivity index (χ2v) is 24.0. The molecule has 5 aliphatic rings. The van der Waals surface area contributed by atoms with Crippen molar-refractivity contribution in [3.05, 3.63) is 53.2 Å². The second-order valence-electron chi connectivity index (χ2n) is 18.4. The lowest BCUT2D eigenvalue weighted by atomic mass is 9.87. The Kier molecular flexibility index (Phi) is 9.43. The van der Waals surface area contributed by atoms with Gasteiger partial charge in [0, 0.05) is 42.9 Å². The van der Waals surface area contributed by atoms with E-state index in [1.165, 1.54) is 6.07 Å². The van der Waals surface area contributed by atoms with Gasteiger partial charge in [0.1, 0.15) is 49.9 Å². The summed E-state index contributed by atoms with van der Waals surface area (Å²) in [6, 6.07) is 8.36. The summed E-state index contributed by atoms with van der Waals surface area (Å²) >= 11 is 0. The zero-order chi connectivity index (χ0) is 39.3. The van der Waals surface area contributed by atoms with Crippen LogP contribution < -0.4 is 9.64 Å². The number of nitrogens with zero attached hydrogens (tertiary/aromatic N) is 5. The van der Waals surface area contributed by atoms with Gasteiger partial charge in [-0.3, -0.25) is 4.90 Å². The first-order chi connectivity index (χ1) is 26.8. The Morgan fingerprint density at radius 1 is 0.929 bits per heavy atom. The van der Waals surface area contributed by atoms with Crippen LogP contribution in [0.25, 0.3) is 32.9 Å². The highest BCUT2D eigenvalue weighted by Gasteiger charge is 2.50. The number of piperidine rings is 1. The quantitative estimate of drug-likeness (QED) is 0.106. The zero-order valence-electron chi connectivity index (χ0n) is 33.4. The van der Waals surface area contributed by atoms with Crippen LogP contribution in [0.15, 0.2) is 30.3 Å². The molecule has 6 nitrogen and oxygen atoms in total. The summed E-state index contributed by atoms with van der Waals surface area (Å²) in [6.45, 7) is 15.3. The van der Waals surface area contributed by atoms with E-state index in [0.29, 0.717) is 70.1 Å². The first-order valence-electron chi connectivity index (χ1n) is 20.9. The van der Waals surface area contributed by atoms with Crippen LogP contribution in [0.4, 0.5) is 23.4 Å². The monoisotopic (exact) mass is 783 g/mol. The lowest BCUT2D eigenvalue weighted by Crippen LogP contribution is -2.46. The van der Waals surface area contributed by atoms with Crippen LogP contribution in [-0.4, -0.2) is 71.9 Å². The van der Waals surface area contributed by atoms with E-state index in [1.54, 1.807) is 18.2 Å². The molecule has 0 radical (unpaired) electrons. The molecule has 6 heterocycles. The van der Waals surface area contributed by atoms with Crippen LogP contribution >= 0.6 is 0 Å². The number of rotatable bonds is 7. The number of alkyl halides is 2. The SMILES string of the molecule is CC(C)[Si](C#Cc1c(F)ccc2cccc(-c3nc4c5c(nc(OC[C@@]67CCCN6C[C@H](F)C7)nc5c3F)N3C[C@H]5CC[C@H](C5)[C@H]3C[C@@H]4F)c12)(C(C)C)C(C)C. The molecule has 0 amide bonds. The van der Waals surface area contributed by atoms with Gasteiger partial charge in [-0.15, -0.1) is 5.54 Å². The van der Waals surface area contributed by atoms with E-state index in [0.717, 1.165) is 38.6 Å². The summed E-state index contributed by atoms with van der Waals surface area (Å²) in [7, 11) is -2.28. The van der Waals surface area contributed by atoms with E-state index >= 15 is 13.2 Å². The van der Waals surface area contributed by atoms with Crippen molar-refractivity contribution < 1.29 is 22.3 Å². The predicted molar refractivity (Wildman–Crippen MR) is 217 cm³/mol. The highest BCUT2D eigenvalue weighted by molar-refractivity contribution is 6.90. The third-order valence-electron chi connectivity index (χ3n) is 14.5. The third kappa shape index (κ3) is 5.86. The Balaban J connectivity index is 1.25. The number of pyridine rings is 1. The molecule has 4 fully saturated rings. The molecule has 3 saturated heterocycles. The minimum Gasteiger partial charge on any atom is -0.461 e. The standard InChI is InChI=1S/C45H53F4N5OSi/c1-25(2)56(26(3)4,27(5)6)18-15-32-34(47)14-13-29-9-7-10-33(37(29)32)40-39(49)42-38-41(50-40)35(48)20-36-30-12-11-28(19-30)22-54(36)43(38)52-44(51-42)55-24-45-16-8-17-53(45)23-31(46)21-45/h7,9-10,13-14,25-28,30-31,35-36H,8,11-12,16-17,19-24H2,1-6H3/t28-,30+,31+,35-,36+,45-/m0/s1. The number of ether oxygens (including phenoxy) is 1. The third-order valence-corrected chi connectivity index (χ3v) is 20.8. The van der Waals surface area contributed by atoms with Crippen molar-refractivity contribution in [3.8, 4) is 28.7 Å². The van der Waals surface area contributed by atoms with Gasteiger partial charge in [-0.1, -0.05) is 71.7 Å². The van der Waals surface area contributed by atoms with E-state index < -0.39 is 37.6 Å². The molecule has 296 valence electrons. The van der Waals surface area contributed by atoms with Crippen molar-refractivity contribution >= 4 is 35.6 Å². The molecule has 56 heavy (non-hydrogen) atoms. The fourth-order valence-electron chi connectivity index (χ4n) is 11.9. The largest absolute Gasteiger partial charge is 0.461 e. The lowest BCUT2D eigenvalue weighted by Gasteiger charge is -2.40. The van der Waals surface area contributed by atoms with Gasteiger partial charge in [0.2, 0.25) is 0 Å². The minimum atomic E-state index is -2.28. The van der Waals surface area contributed by atoms with Crippen LogP contribution in [-0.2, 0) is 0 Å². The maximum absolute atomic E-state index is 17.6. The van der Waals surface area contributed by atoms with E-state index in [4.69, 9.17) is 19.7 Å². The molecular formula is C45H53F4N5OSi. The first kappa shape index (κ1) is 37.8. The molecular weight excluding hydrogens is 731 g/mol. The number of aromatic nitrogens is 3. The highest BCUT2D eigenvalue weighted by atomic mass is 28.3. The molecule has 11 heteroatoms. The number of hydrogen-bond acceptors (Lipinski definition) is 6. The summed E-state index contributed by atoms with van der Waals surface area (Å²) in [5.41, 5.74) is 4.68. The lowest BCUT2D eigenvalue weighted by molar-refractivity contribution is 0.107. The van der Waals surface area contributed by atoms with Crippen molar-refractivity contribution in [1.82, 2.24) is 19.9 Å². The smallest absolute Gasteiger partial charge is 0.319 e. The Hall–Kier alpha value is -3.75. The van der Waals surface area contributed by atoms with Crippen molar-refractivity contribution in [3.63, 3.8) is 0 Å². The number of anilines is 1. The van der Waals surface area contributed by atoms with Crippen LogP contribution in [0.1, 0.15) is 104 Å². The van der Waals surface area contributed by atoms with Gasteiger partial charge in [0.05, 0.1) is 22.2 Å². The number of fused-ring (bicyclic) bond motifs is 7. The molecule has 0 N–H and O–H groups in total. The summed E-state index contributed by atoms with van der Waals surface area (Å²) in [6.07, 6.45) is 3.05. The number of halogens is 4. The fourth-order valence-corrected chi connectivity index (χ4v) is 17.2. The highest BCUT2D eigenvalue weighted by Crippen LogP contribution is 2.51. The van der Waals surface area contributed by atoms with Gasteiger partial charge in [0.15, 0.2) is 5.82 Å². The molecule has 9 rings (SSSR count). The molecule has 2 aromatic carbocycles. The first-order valence-corrected chi connectivity index (χ1v) is 23.1. The van der Waals surface area contributed by atoms with E-state index in [-0.39, 0.29) is 52.9 Å². The van der Waals surface area contributed by atoms with E-state index in [9.17, 15) is 4.39 Å². The Bertz CT molecular complexity index is 2250.